The zero-order valence-electron chi connectivity index (χ0n) is 13.1. The normalized spacial score (nSPS) is 12.6. The lowest BCUT2D eigenvalue weighted by Gasteiger charge is -2.16. The second-order valence-electron chi connectivity index (χ2n) is 5.28. The van der Waals surface area contributed by atoms with Gasteiger partial charge in [-0.25, -0.2) is 9.97 Å². The number of hydrogen-bond donors (Lipinski definition) is 0. The summed E-state index contributed by atoms with van der Waals surface area (Å²) in [5, 5.41) is 9.51. The Balaban J connectivity index is 2.21. The fourth-order valence-corrected chi connectivity index (χ4v) is 2.51. The van der Waals surface area contributed by atoms with Gasteiger partial charge in [-0.2, -0.15) is 18.4 Å². The second-order valence-corrected chi connectivity index (χ2v) is 5.28. The first-order valence-corrected chi connectivity index (χ1v) is 7.31. The van der Waals surface area contributed by atoms with Gasteiger partial charge in [-0.05, 0) is 29.8 Å². The Morgan fingerprint density at radius 2 is 1.60 bits per heavy atom. The van der Waals surface area contributed by atoms with E-state index in [4.69, 9.17) is 4.74 Å². The molecule has 7 heteroatoms. The Hall–Kier alpha value is -3.14. The van der Waals surface area contributed by atoms with Crippen molar-refractivity contribution >= 4 is 11.0 Å². The molecule has 1 heterocycles. The Morgan fingerprint density at radius 1 is 1.00 bits per heavy atom. The molecule has 0 unspecified atom stereocenters. The van der Waals surface area contributed by atoms with Crippen molar-refractivity contribution in [1.82, 2.24) is 9.97 Å². The lowest BCUT2D eigenvalue weighted by atomic mass is 9.95. The maximum Gasteiger partial charge on any atom is 0.435 e. The van der Waals surface area contributed by atoms with Crippen LogP contribution in [-0.2, 0) is 6.18 Å². The zero-order valence-corrected chi connectivity index (χ0v) is 13.1. The molecule has 0 fully saturated rings. The molecule has 0 bridgehead atoms. The van der Waals surface area contributed by atoms with Gasteiger partial charge in [0, 0.05) is 0 Å². The summed E-state index contributed by atoms with van der Waals surface area (Å²) in [6.07, 6.45) is -4.71. The largest absolute Gasteiger partial charge is 0.497 e. The lowest BCUT2D eigenvalue weighted by Crippen LogP contribution is -2.17. The van der Waals surface area contributed by atoms with E-state index in [-0.39, 0.29) is 5.52 Å². The van der Waals surface area contributed by atoms with E-state index in [0.29, 0.717) is 16.8 Å². The average Bonchev–Trinajstić information content (AvgIpc) is 2.61. The molecular weight excluding hydrogens is 331 g/mol. The van der Waals surface area contributed by atoms with Crippen molar-refractivity contribution in [3.63, 3.8) is 0 Å². The van der Waals surface area contributed by atoms with Gasteiger partial charge in [-0.15, -0.1) is 0 Å². The molecular formula is C18H12F3N3O. The summed E-state index contributed by atoms with van der Waals surface area (Å²) >= 11 is 0. The van der Waals surface area contributed by atoms with E-state index in [1.165, 1.54) is 13.2 Å². The molecule has 0 radical (unpaired) electrons. The summed E-state index contributed by atoms with van der Waals surface area (Å²) in [4.78, 5) is 7.81. The predicted molar refractivity (Wildman–Crippen MR) is 85.0 cm³/mol. The number of benzene rings is 2. The van der Waals surface area contributed by atoms with Crippen LogP contribution >= 0.6 is 0 Å². The van der Waals surface area contributed by atoms with Crippen molar-refractivity contribution in [2.24, 2.45) is 0 Å². The highest BCUT2D eigenvalue weighted by atomic mass is 19.4. The van der Waals surface area contributed by atoms with Crippen molar-refractivity contribution in [3.8, 4) is 11.8 Å². The van der Waals surface area contributed by atoms with Gasteiger partial charge in [0.05, 0.1) is 29.9 Å². The standard InChI is InChI=1S/C18H12F3N3O/c1-25-12-8-6-11(7-9-12)13(10-22)16-17(18(19,20)21)24-15-5-3-2-4-14(15)23-16/h2-9,13H,1H3/t13-/m0/s1. The number of para-hydroxylation sites is 2. The van der Waals surface area contributed by atoms with Crippen LogP contribution in [0, 0.1) is 11.3 Å². The summed E-state index contributed by atoms with van der Waals surface area (Å²) in [7, 11) is 1.48. The van der Waals surface area contributed by atoms with Crippen LogP contribution in [0.3, 0.4) is 0 Å². The van der Waals surface area contributed by atoms with Crippen LogP contribution in [0.4, 0.5) is 13.2 Å². The molecule has 4 nitrogen and oxygen atoms in total. The minimum atomic E-state index is -4.71. The number of ether oxygens (including phenoxy) is 1. The van der Waals surface area contributed by atoms with Crippen LogP contribution in [0.25, 0.3) is 11.0 Å². The topological polar surface area (TPSA) is 58.8 Å². The van der Waals surface area contributed by atoms with Crippen molar-refractivity contribution in [2.45, 2.75) is 12.1 Å². The van der Waals surface area contributed by atoms with Crippen LogP contribution in [-0.4, -0.2) is 17.1 Å². The third-order valence-corrected chi connectivity index (χ3v) is 3.72. The number of rotatable bonds is 3. The number of hydrogen-bond acceptors (Lipinski definition) is 4. The third kappa shape index (κ3) is 3.24. The van der Waals surface area contributed by atoms with Crippen molar-refractivity contribution in [1.29, 1.82) is 5.26 Å². The molecule has 3 rings (SSSR count). The third-order valence-electron chi connectivity index (χ3n) is 3.72. The van der Waals surface area contributed by atoms with Crippen LogP contribution in [0.1, 0.15) is 22.9 Å². The molecule has 126 valence electrons. The Bertz CT molecular complexity index is 946. The highest BCUT2D eigenvalue weighted by Gasteiger charge is 2.39. The Labute approximate surface area is 141 Å². The minimum Gasteiger partial charge on any atom is -0.497 e. The summed E-state index contributed by atoms with van der Waals surface area (Å²) in [5.74, 6) is -0.652. The van der Waals surface area contributed by atoms with E-state index in [1.54, 1.807) is 42.5 Å². The maximum absolute atomic E-state index is 13.5. The quantitative estimate of drug-likeness (QED) is 0.711. The molecule has 0 aliphatic heterocycles. The monoisotopic (exact) mass is 343 g/mol. The Kier molecular flexibility index (Phi) is 4.28. The van der Waals surface area contributed by atoms with Crippen molar-refractivity contribution in [3.05, 3.63) is 65.5 Å². The molecule has 1 atom stereocenters. The van der Waals surface area contributed by atoms with Gasteiger partial charge in [-0.3, -0.25) is 0 Å². The molecule has 25 heavy (non-hydrogen) atoms. The number of methoxy groups -OCH3 is 1. The van der Waals surface area contributed by atoms with Crippen LogP contribution < -0.4 is 4.74 Å². The number of halogens is 3. The molecule has 0 amide bonds. The average molecular weight is 343 g/mol. The number of nitriles is 1. The molecule has 0 N–H and O–H groups in total. The predicted octanol–water partition coefficient (Wildman–Crippen LogP) is 4.31. The van der Waals surface area contributed by atoms with Crippen molar-refractivity contribution < 1.29 is 17.9 Å². The fourth-order valence-electron chi connectivity index (χ4n) is 2.51. The summed E-state index contributed by atoms with van der Waals surface area (Å²) < 4.78 is 45.5. The van der Waals surface area contributed by atoms with Gasteiger partial charge < -0.3 is 4.74 Å². The second kappa shape index (κ2) is 6.40. The SMILES string of the molecule is COc1ccc([C@H](C#N)c2nc3ccccc3nc2C(F)(F)F)cc1. The molecule has 3 aromatic rings. The van der Waals surface area contributed by atoms with Crippen LogP contribution in [0.2, 0.25) is 0 Å². The first-order valence-electron chi connectivity index (χ1n) is 7.31. The van der Waals surface area contributed by atoms with Crippen LogP contribution in [0.5, 0.6) is 5.75 Å². The highest BCUT2D eigenvalue weighted by molar-refractivity contribution is 5.74. The van der Waals surface area contributed by atoms with Gasteiger partial charge in [0.25, 0.3) is 0 Å². The van der Waals surface area contributed by atoms with Gasteiger partial charge in [-0.1, -0.05) is 24.3 Å². The highest BCUT2D eigenvalue weighted by Crippen LogP contribution is 2.36. The first-order chi connectivity index (χ1) is 11.9. The number of aromatic nitrogens is 2. The first kappa shape index (κ1) is 16.7. The van der Waals surface area contributed by atoms with E-state index in [1.807, 2.05) is 6.07 Å². The number of nitrogens with zero attached hydrogens (tertiary/aromatic N) is 3. The molecule has 0 spiro atoms. The van der Waals surface area contributed by atoms with E-state index < -0.39 is 23.5 Å². The van der Waals surface area contributed by atoms with E-state index in [2.05, 4.69) is 9.97 Å². The number of alkyl halides is 3. The van der Waals surface area contributed by atoms with Gasteiger partial charge in [0.1, 0.15) is 11.7 Å². The van der Waals surface area contributed by atoms with Crippen molar-refractivity contribution in [2.75, 3.05) is 7.11 Å². The summed E-state index contributed by atoms with van der Waals surface area (Å²) in [6, 6.07) is 14.4. The minimum absolute atomic E-state index is 0.130. The van der Waals surface area contributed by atoms with Gasteiger partial charge >= 0.3 is 6.18 Å². The maximum atomic E-state index is 13.5. The molecule has 0 saturated heterocycles. The van der Waals surface area contributed by atoms with Gasteiger partial charge in [0.15, 0.2) is 5.69 Å². The summed E-state index contributed by atoms with van der Waals surface area (Å²) in [5.41, 5.74) is -0.727. The smallest absolute Gasteiger partial charge is 0.435 e. The van der Waals surface area contributed by atoms with E-state index in [0.717, 1.165) is 0 Å². The lowest BCUT2D eigenvalue weighted by molar-refractivity contribution is -0.141. The summed E-state index contributed by atoms with van der Waals surface area (Å²) in [6.45, 7) is 0. The molecule has 0 aliphatic rings. The molecule has 0 aliphatic carbocycles. The number of fused-ring (bicyclic) bond motifs is 1. The van der Waals surface area contributed by atoms with Gasteiger partial charge in [0.2, 0.25) is 0 Å². The molecule has 1 aromatic heterocycles. The van der Waals surface area contributed by atoms with E-state index in [9.17, 15) is 18.4 Å². The zero-order chi connectivity index (χ0) is 18.0. The van der Waals surface area contributed by atoms with E-state index >= 15 is 0 Å². The Morgan fingerprint density at radius 3 is 2.12 bits per heavy atom. The molecule has 2 aromatic carbocycles. The fraction of sp³-hybridized carbons (Fsp3) is 0.167. The molecule has 0 saturated carbocycles. The van der Waals surface area contributed by atoms with Crippen LogP contribution in [0.15, 0.2) is 48.5 Å².